The standard InChI is InChI=1S/C21H22N2O4/c1-3-21(25)19-14-20(15-4-8-18(9-5-15)27-13-12-24)23(22-19)16-6-10-17(26-2)11-7-16/h4-11,14,24H,3,12-13H2,1-2H3. The number of aliphatic hydroxyl groups is 1. The summed E-state index contributed by atoms with van der Waals surface area (Å²) in [6, 6.07) is 16.8. The Hall–Kier alpha value is -3.12. The number of benzene rings is 2. The van der Waals surface area contributed by atoms with Gasteiger partial charge in [-0.15, -0.1) is 0 Å². The molecule has 0 aliphatic heterocycles. The average molecular weight is 366 g/mol. The van der Waals surface area contributed by atoms with Crippen LogP contribution in [0.1, 0.15) is 23.8 Å². The first-order valence-electron chi connectivity index (χ1n) is 8.78. The molecule has 1 N–H and O–H groups in total. The topological polar surface area (TPSA) is 73.6 Å². The number of aliphatic hydroxyl groups excluding tert-OH is 1. The molecule has 3 rings (SSSR count). The summed E-state index contributed by atoms with van der Waals surface area (Å²) in [4.78, 5) is 12.2. The molecule has 0 bridgehead atoms. The van der Waals surface area contributed by atoms with Gasteiger partial charge < -0.3 is 14.6 Å². The first kappa shape index (κ1) is 18.7. The fourth-order valence-corrected chi connectivity index (χ4v) is 2.71. The van der Waals surface area contributed by atoms with Crippen molar-refractivity contribution in [2.24, 2.45) is 0 Å². The Labute approximate surface area is 158 Å². The molecule has 0 spiro atoms. The number of aromatic nitrogens is 2. The van der Waals surface area contributed by atoms with Gasteiger partial charge in [0.25, 0.3) is 0 Å². The number of hydrogen-bond donors (Lipinski definition) is 1. The summed E-state index contributed by atoms with van der Waals surface area (Å²) in [6.45, 7) is 2.04. The number of ether oxygens (including phenoxy) is 2. The molecule has 0 radical (unpaired) electrons. The molecule has 140 valence electrons. The molecular weight excluding hydrogens is 344 g/mol. The zero-order valence-corrected chi connectivity index (χ0v) is 15.4. The third kappa shape index (κ3) is 4.17. The van der Waals surface area contributed by atoms with Gasteiger partial charge in [0, 0.05) is 12.0 Å². The Morgan fingerprint density at radius 3 is 2.33 bits per heavy atom. The molecule has 27 heavy (non-hydrogen) atoms. The number of methoxy groups -OCH3 is 1. The van der Waals surface area contributed by atoms with E-state index in [1.165, 1.54) is 0 Å². The maximum atomic E-state index is 12.2. The summed E-state index contributed by atoms with van der Waals surface area (Å²) in [7, 11) is 1.62. The fourth-order valence-electron chi connectivity index (χ4n) is 2.71. The van der Waals surface area contributed by atoms with E-state index in [2.05, 4.69) is 5.10 Å². The molecule has 6 nitrogen and oxygen atoms in total. The van der Waals surface area contributed by atoms with Crippen molar-refractivity contribution in [2.45, 2.75) is 13.3 Å². The summed E-state index contributed by atoms with van der Waals surface area (Å²) in [5.41, 5.74) is 2.99. The van der Waals surface area contributed by atoms with E-state index in [1.54, 1.807) is 17.9 Å². The number of Topliss-reactive ketones (excluding diaryl/α,β-unsaturated/α-hetero) is 1. The van der Waals surface area contributed by atoms with Gasteiger partial charge in [-0.3, -0.25) is 4.79 Å². The van der Waals surface area contributed by atoms with Crippen LogP contribution in [0.5, 0.6) is 11.5 Å². The Morgan fingerprint density at radius 1 is 1.07 bits per heavy atom. The van der Waals surface area contributed by atoms with Crippen LogP contribution in [-0.4, -0.2) is 41.0 Å². The van der Waals surface area contributed by atoms with Crippen LogP contribution in [0.15, 0.2) is 54.6 Å². The van der Waals surface area contributed by atoms with Crippen molar-refractivity contribution in [1.29, 1.82) is 0 Å². The molecule has 3 aromatic rings. The lowest BCUT2D eigenvalue weighted by Crippen LogP contribution is -2.03. The van der Waals surface area contributed by atoms with Crippen molar-refractivity contribution < 1.29 is 19.4 Å². The number of rotatable bonds is 8. The van der Waals surface area contributed by atoms with E-state index in [4.69, 9.17) is 14.6 Å². The van der Waals surface area contributed by atoms with Gasteiger partial charge in [-0.05, 0) is 54.6 Å². The van der Waals surface area contributed by atoms with E-state index in [0.29, 0.717) is 17.9 Å². The maximum Gasteiger partial charge on any atom is 0.182 e. The second-order valence-electron chi connectivity index (χ2n) is 5.90. The number of hydrogen-bond acceptors (Lipinski definition) is 5. The average Bonchev–Trinajstić information content (AvgIpc) is 3.17. The maximum absolute atomic E-state index is 12.2. The van der Waals surface area contributed by atoms with E-state index >= 15 is 0 Å². The van der Waals surface area contributed by atoms with Crippen molar-refractivity contribution in [3.8, 4) is 28.4 Å². The van der Waals surface area contributed by atoms with Crippen LogP contribution in [0.4, 0.5) is 0 Å². The normalized spacial score (nSPS) is 10.6. The monoisotopic (exact) mass is 366 g/mol. The van der Waals surface area contributed by atoms with Crippen molar-refractivity contribution in [3.05, 3.63) is 60.3 Å². The highest BCUT2D eigenvalue weighted by molar-refractivity contribution is 5.95. The minimum absolute atomic E-state index is 0.00795. The van der Waals surface area contributed by atoms with Gasteiger partial charge in [0.05, 0.1) is 25.1 Å². The molecule has 0 atom stereocenters. The van der Waals surface area contributed by atoms with Crippen LogP contribution in [0, 0.1) is 0 Å². The molecule has 0 amide bonds. The summed E-state index contributed by atoms with van der Waals surface area (Å²) in [5, 5.41) is 13.4. The quantitative estimate of drug-likeness (QED) is 0.618. The van der Waals surface area contributed by atoms with Crippen molar-refractivity contribution >= 4 is 5.78 Å². The molecule has 0 aliphatic rings. The molecule has 1 heterocycles. The van der Waals surface area contributed by atoms with Crippen LogP contribution in [0.2, 0.25) is 0 Å². The number of ketones is 1. The zero-order chi connectivity index (χ0) is 19.2. The highest BCUT2D eigenvalue weighted by Crippen LogP contribution is 2.27. The first-order valence-corrected chi connectivity index (χ1v) is 8.78. The van der Waals surface area contributed by atoms with E-state index in [9.17, 15) is 4.79 Å². The minimum atomic E-state index is -0.0333. The molecule has 1 aromatic heterocycles. The van der Waals surface area contributed by atoms with Crippen molar-refractivity contribution in [1.82, 2.24) is 9.78 Å². The van der Waals surface area contributed by atoms with Gasteiger partial charge in [0.1, 0.15) is 23.8 Å². The van der Waals surface area contributed by atoms with E-state index < -0.39 is 0 Å². The third-order valence-electron chi connectivity index (χ3n) is 4.14. The van der Waals surface area contributed by atoms with E-state index in [-0.39, 0.29) is 19.0 Å². The van der Waals surface area contributed by atoms with E-state index in [0.717, 1.165) is 22.7 Å². The second kappa shape index (κ2) is 8.51. The van der Waals surface area contributed by atoms with Crippen LogP contribution in [0.3, 0.4) is 0 Å². The minimum Gasteiger partial charge on any atom is -0.497 e. The zero-order valence-electron chi connectivity index (χ0n) is 15.4. The Kier molecular flexibility index (Phi) is 5.88. The van der Waals surface area contributed by atoms with Crippen LogP contribution < -0.4 is 9.47 Å². The summed E-state index contributed by atoms with van der Waals surface area (Å²) < 4.78 is 12.4. The van der Waals surface area contributed by atoms with Crippen molar-refractivity contribution in [2.75, 3.05) is 20.3 Å². The highest BCUT2D eigenvalue weighted by atomic mass is 16.5. The summed E-state index contributed by atoms with van der Waals surface area (Å²) in [5.74, 6) is 1.42. The molecule has 0 saturated carbocycles. The Bertz CT molecular complexity index is 899. The van der Waals surface area contributed by atoms with Gasteiger partial charge in [-0.2, -0.15) is 5.10 Å². The predicted molar refractivity (Wildman–Crippen MR) is 103 cm³/mol. The number of carbonyl (C=O) groups is 1. The molecule has 0 aliphatic carbocycles. The molecule has 0 unspecified atom stereocenters. The van der Waals surface area contributed by atoms with Crippen molar-refractivity contribution in [3.63, 3.8) is 0 Å². The lowest BCUT2D eigenvalue weighted by atomic mass is 10.1. The molecule has 6 heteroatoms. The smallest absolute Gasteiger partial charge is 0.182 e. The van der Waals surface area contributed by atoms with Gasteiger partial charge in [0.2, 0.25) is 0 Å². The van der Waals surface area contributed by atoms with Gasteiger partial charge in [0.15, 0.2) is 5.78 Å². The van der Waals surface area contributed by atoms with Gasteiger partial charge in [-0.25, -0.2) is 4.68 Å². The van der Waals surface area contributed by atoms with Crippen LogP contribution in [-0.2, 0) is 0 Å². The van der Waals surface area contributed by atoms with Gasteiger partial charge in [-0.1, -0.05) is 6.92 Å². The summed E-state index contributed by atoms with van der Waals surface area (Å²) >= 11 is 0. The third-order valence-corrected chi connectivity index (χ3v) is 4.14. The van der Waals surface area contributed by atoms with Gasteiger partial charge >= 0.3 is 0 Å². The molecule has 0 fully saturated rings. The van der Waals surface area contributed by atoms with E-state index in [1.807, 2.05) is 55.5 Å². The SMILES string of the molecule is CCC(=O)c1cc(-c2ccc(OCCO)cc2)n(-c2ccc(OC)cc2)n1. The summed E-state index contributed by atoms with van der Waals surface area (Å²) in [6.07, 6.45) is 0.396. The Morgan fingerprint density at radius 2 is 1.74 bits per heavy atom. The lowest BCUT2D eigenvalue weighted by molar-refractivity contribution is 0.0983. The fraction of sp³-hybridized carbons (Fsp3) is 0.238. The molecular formula is C21H22N2O4. The number of carbonyl (C=O) groups excluding carboxylic acids is 1. The highest BCUT2D eigenvalue weighted by Gasteiger charge is 2.16. The lowest BCUT2D eigenvalue weighted by Gasteiger charge is -2.09. The second-order valence-corrected chi connectivity index (χ2v) is 5.90. The number of nitrogens with zero attached hydrogens (tertiary/aromatic N) is 2. The first-order chi connectivity index (χ1) is 13.2. The largest absolute Gasteiger partial charge is 0.497 e. The van der Waals surface area contributed by atoms with Crippen LogP contribution in [0.25, 0.3) is 16.9 Å². The Balaban J connectivity index is 2.01. The molecule has 2 aromatic carbocycles. The predicted octanol–water partition coefficient (Wildman–Crippen LogP) is 3.51. The van der Waals surface area contributed by atoms with Crippen LogP contribution >= 0.6 is 0 Å². The molecule has 0 saturated heterocycles.